The van der Waals surface area contributed by atoms with E-state index in [-0.39, 0.29) is 18.2 Å². The molecule has 0 radical (unpaired) electrons. The zero-order chi connectivity index (χ0) is 27.4. The highest BCUT2D eigenvalue weighted by molar-refractivity contribution is 14.1. The minimum absolute atomic E-state index is 0.0324. The average molecular weight is 755 g/mol. The highest BCUT2D eigenvalue weighted by Gasteiger charge is 2.30. The second-order valence-electron chi connectivity index (χ2n) is 7.93. The summed E-state index contributed by atoms with van der Waals surface area (Å²) in [6.45, 7) is 0.268. The van der Waals surface area contributed by atoms with Crippen LogP contribution >= 0.6 is 56.9 Å². The lowest BCUT2D eigenvalue weighted by molar-refractivity contribution is -0.384. The van der Waals surface area contributed by atoms with Crippen molar-refractivity contribution in [2.45, 2.75) is 6.61 Å². The third kappa shape index (κ3) is 6.53. The molecule has 1 amide bonds. The van der Waals surface area contributed by atoms with Crippen LogP contribution in [-0.2, 0) is 16.1 Å². The van der Waals surface area contributed by atoms with Gasteiger partial charge in [0.15, 0.2) is 5.17 Å². The first-order chi connectivity index (χ1) is 18.2. The van der Waals surface area contributed by atoms with E-state index in [2.05, 4.69) is 50.2 Å². The van der Waals surface area contributed by atoms with E-state index in [9.17, 15) is 19.7 Å². The summed E-state index contributed by atoms with van der Waals surface area (Å²) in [7, 11) is 2.99. The van der Waals surface area contributed by atoms with Gasteiger partial charge in [0.25, 0.3) is 11.6 Å². The van der Waals surface area contributed by atoms with Crippen LogP contribution < -0.4 is 4.74 Å². The van der Waals surface area contributed by atoms with E-state index in [1.54, 1.807) is 43.4 Å². The Bertz CT molecular complexity index is 1450. The number of thioether (sulfide) groups is 1. The van der Waals surface area contributed by atoms with Crippen LogP contribution in [0.4, 0.5) is 11.4 Å². The molecule has 1 saturated heterocycles. The van der Waals surface area contributed by atoms with Gasteiger partial charge in [0, 0.05) is 19.2 Å². The minimum atomic E-state index is -0.437. The third-order valence-corrected chi connectivity index (χ3v) is 8.03. The number of methoxy groups -OCH3 is 1. The number of nitro benzene ring substituents is 1. The lowest BCUT2D eigenvalue weighted by Gasteiger charge is -2.12. The number of ether oxygens (including phenoxy) is 2. The number of esters is 1. The normalized spacial score (nSPS) is 15.3. The Labute approximate surface area is 249 Å². The molecule has 0 aliphatic carbocycles. The van der Waals surface area contributed by atoms with Gasteiger partial charge in [0.2, 0.25) is 0 Å². The second-order valence-corrected chi connectivity index (χ2v) is 11.3. The number of nitro groups is 1. The van der Waals surface area contributed by atoms with Crippen LogP contribution in [0.1, 0.15) is 21.5 Å². The number of amidine groups is 1. The molecule has 1 aliphatic rings. The summed E-state index contributed by atoms with van der Waals surface area (Å²) < 4.78 is 12.4. The summed E-state index contributed by atoms with van der Waals surface area (Å²) in [5, 5.41) is 11.4. The van der Waals surface area contributed by atoms with E-state index in [1.807, 2.05) is 18.2 Å². The number of halogens is 2. The molecule has 0 spiro atoms. The van der Waals surface area contributed by atoms with E-state index in [1.165, 1.54) is 35.9 Å². The van der Waals surface area contributed by atoms with Gasteiger partial charge in [-0.15, -0.1) is 0 Å². The summed E-state index contributed by atoms with van der Waals surface area (Å²) >= 11 is 5.64. The van der Waals surface area contributed by atoms with Crippen molar-refractivity contribution < 1.29 is 24.0 Å². The van der Waals surface area contributed by atoms with Gasteiger partial charge in [-0.2, -0.15) is 0 Å². The molecule has 38 heavy (non-hydrogen) atoms. The maximum Gasteiger partial charge on any atom is 0.337 e. The Hall–Kier alpha value is -2.98. The van der Waals surface area contributed by atoms with Gasteiger partial charge >= 0.3 is 5.97 Å². The molecule has 12 heteroatoms. The Morgan fingerprint density at radius 3 is 2.32 bits per heavy atom. The van der Waals surface area contributed by atoms with Crippen LogP contribution in [0.2, 0.25) is 0 Å². The summed E-state index contributed by atoms with van der Waals surface area (Å²) in [5.74, 6) is 0.110. The SMILES string of the molecule is COC(=O)c1ccc(N=C2SC(=Cc3cc(I)c(OCc4ccc([N+](=O)[O-])cc4)c(I)c3)C(=O)N2C)cc1. The maximum atomic E-state index is 12.9. The van der Waals surface area contributed by atoms with Crippen molar-refractivity contribution in [1.29, 1.82) is 0 Å². The van der Waals surface area contributed by atoms with Crippen molar-refractivity contribution in [3.8, 4) is 5.75 Å². The van der Waals surface area contributed by atoms with Crippen molar-refractivity contribution in [2.24, 2.45) is 4.99 Å². The number of carbonyl (C=O) groups excluding carboxylic acids is 2. The number of rotatable bonds is 7. The van der Waals surface area contributed by atoms with E-state index in [0.717, 1.165) is 18.3 Å². The van der Waals surface area contributed by atoms with Crippen molar-refractivity contribution in [3.05, 3.63) is 99.5 Å². The lowest BCUT2D eigenvalue weighted by atomic mass is 10.2. The van der Waals surface area contributed by atoms with E-state index in [0.29, 0.717) is 27.1 Å². The third-order valence-electron chi connectivity index (χ3n) is 5.37. The number of non-ortho nitro benzene ring substituents is 1. The number of nitrogens with zero attached hydrogens (tertiary/aromatic N) is 3. The van der Waals surface area contributed by atoms with Gasteiger partial charge < -0.3 is 9.47 Å². The molecule has 0 unspecified atom stereocenters. The minimum Gasteiger partial charge on any atom is -0.487 e. The first-order valence-corrected chi connectivity index (χ1v) is 13.9. The molecule has 1 heterocycles. The smallest absolute Gasteiger partial charge is 0.337 e. The maximum absolute atomic E-state index is 12.9. The van der Waals surface area contributed by atoms with Crippen molar-refractivity contribution >= 4 is 91.4 Å². The molecule has 0 aromatic heterocycles. The molecule has 0 atom stereocenters. The Morgan fingerprint density at radius 2 is 1.74 bits per heavy atom. The van der Waals surface area contributed by atoms with Crippen LogP contribution in [-0.4, -0.2) is 41.0 Å². The zero-order valence-corrected chi connectivity index (χ0v) is 25.1. The van der Waals surface area contributed by atoms with Crippen molar-refractivity contribution in [3.63, 3.8) is 0 Å². The average Bonchev–Trinajstić information content (AvgIpc) is 3.16. The number of carbonyl (C=O) groups is 2. The quantitative estimate of drug-likeness (QED) is 0.0903. The summed E-state index contributed by atoms with van der Waals surface area (Å²) in [6.07, 6.45) is 1.82. The largest absolute Gasteiger partial charge is 0.487 e. The number of amides is 1. The zero-order valence-electron chi connectivity index (χ0n) is 20.0. The number of hydrogen-bond acceptors (Lipinski definition) is 8. The molecule has 1 fully saturated rings. The van der Waals surface area contributed by atoms with Gasteiger partial charge in [-0.1, -0.05) is 0 Å². The number of likely N-dealkylation sites (N-methyl/N-ethyl adjacent to an activating group) is 1. The van der Waals surface area contributed by atoms with Crippen LogP contribution in [0, 0.1) is 17.3 Å². The van der Waals surface area contributed by atoms with E-state index >= 15 is 0 Å². The topological polar surface area (TPSA) is 111 Å². The molecule has 194 valence electrons. The van der Waals surface area contributed by atoms with Crippen LogP contribution in [0.5, 0.6) is 5.75 Å². The molecule has 0 bridgehead atoms. The summed E-state index contributed by atoms with van der Waals surface area (Å²) in [4.78, 5) is 41.5. The van der Waals surface area contributed by atoms with Crippen LogP contribution in [0.15, 0.2) is 70.6 Å². The first kappa shape index (κ1) is 28.0. The second kappa shape index (κ2) is 12.3. The summed E-state index contributed by atoms with van der Waals surface area (Å²) in [5.41, 5.74) is 2.72. The molecule has 0 N–H and O–H groups in total. The molecule has 3 aromatic rings. The highest BCUT2D eigenvalue weighted by atomic mass is 127. The van der Waals surface area contributed by atoms with E-state index < -0.39 is 10.9 Å². The summed E-state index contributed by atoms with van der Waals surface area (Å²) in [6, 6.07) is 16.7. The fraction of sp³-hybridized carbons (Fsp3) is 0.115. The monoisotopic (exact) mass is 755 g/mol. The lowest BCUT2D eigenvalue weighted by Crippen LogP contribution is -2.23. The van der Waals surface area contributed by atoms with Crippen LogP contribution in [0.25, 0.3) is 6.08 Å². The fourth-order valence-corrected chi connectivity index (χ4v) is 6.49. The molecule has 1 aliphatic heterocycles. The fourth-order valence-electron chi connectivity index (χ4n) is 3.37. The predicted octanol–water partition coefficient (Wildman–Crippen LogP) is 6.40. The molecular weight excluding hydrogens is 736 g/mol. The number of benzene rings is 3. The molecule has 9 nitrogen and oxygen atoms in total. The van der Waals surface area contributed by atoms with Crippen molar-refractivity contribution in [1.82, 2.24) is 4.90 Å². The molecular formula is C26H19I2N3O6S. The van der Waals surface area contributed by atoms with Gasteiger partial charge in [-0.25, -0.2) is 9.79 Å². The Morgan fingerprint density at radius 1 is 1.11 bits per heavy atom. The first-order valence-electron chi connectivity index (χ1n) is 11.0. The van der Waals surface area contributed by atoms with E-state index in [4.69, 9.17) is 9.47 Å². The Balaban J connectivity index is 1.49. The highest BCUT2D eigenvalue weighted by Crippen LogP contribution is 2.35. The van der Waals surface area contributed by atoms with Gasteiger partial charge in [-0.3, -0.25) is 19.8 Å². The van der Waals surface area contributed by atoms with Crippen molar-refractivity contribution in [2.75, 3.05) is 14.2 Å². The number of aliphatic imine (C=N–C) groups is 1. The van der Waals surface area contributed by atoms with Gasteiger partial charge in [0.05, 0.1) is 35.3 Å². The molecule has 4 rings (SSSR count). The standard InChI is InChI=1S/C26H19I2N3O6S/c1-30-24(32)22(38-26(30)29-18-7-5-17(6-8-18)25(33)36-2)13-16-11-20(27)23(21(28)12-16)37-14-15-3-9-19(10-4-15)31(34)35/h3-13H,14H2,1-2H3. The molecule has 0 saturated carbocycles. The predicted molar refractivity (Wildman–Crippen MR) is 163 cm³/mol. The van der Waals surface area contributed by atoms with Gasteiger partial charge in [-0.05, 0) is 123 Å². The Kier molecular flexibility index (Phi) is 9.04. The van der Waals surface area contributed by atoms with Crippen LogP contribution in [0.3, 0.4) is 0 Å². The van der Waals surface area contributed by atoms with Gasteiger partial charge in [0.1, 0.15) is 12.4 Å². The number of hydrogen-bond donors (Lipinski definition) is 0. The molecule has 3 aromatic carbocycles.